The van der Waals surface area contributed by atoms with Crippen molar-refractivity contribution in [2.45, 2.75) is 63.9 Å². The Hall–Kier alpha value is -0.190. The Bertz CT molecular complexity index is 340. The Morgan fingerprint density at radius 2 is 2.11 bits per heavy atom. The van der Waals surface area contributed by atoms with Gasteiger partial charge in [-0.15, -0.1) is 0 Å². The van der Waals surface area contributed by atoms with E-state index in [1.165, 1.54) is 0 Å². The lowest BCUT2D eigenvalue weighted by Gasteiger charge is -2.45. The molecular formula is C15H26FNO2. The minimum atomic E-state index is -0.672. The topological polar surface area (TPSA) is 21.7 Å². The van der Waals surface area contributed by atoms with Crippen molar-refractivity contribution in [3.05, 3.63) is 0 Å². The zero-order valence-electron chi connectivity index (χ0n) is 12.3. The molecule has 0 aromatic carbocycles. The zero-order valence-corrected chi connectivity index (χ0v) is 12.3. The second-order valence-corrected chi connectivity index (χ2v) is 7.42. The molecule has 19 heavy (non-hydrogen) atoms. The number of alkyl halides is 1. The number of rotatable bonds is 3. The van der Waals surface area contributed by atoms with Gasteiger partial charge in [0.2, 0.25) is 0 Å². The maximum absolute atomic E-state index is 14.0. The Morgan fingerprint density at radius 1 is 1.37 bits per heavy atom. The Morgan fingerprint density at radius 3 is 2.68 bits per heavy atom. The van der Waals surface area contributed by atoms with Crippen LogP contribution >= 0.6 is 0 Å². The van der Waals surface area contributed by atoms with Gasteiger partial charge in [0, 0.05) is 18.1 Å². The molecule has 0 radical (unpaired) electrons. The van der Waals surface area contributed by atoms with Crippen LogP contribution in [0.5, 0.6) is 0 Å². The average Bonchev–Trinajstić information content (AvgIpc) is 2.72. The number of hydrogen-bond donors (Lipinski definition) is 0. The van der Waals surface area contributed by atoms with E-state index in [0.717, 1.165) is 32.7 Å². The summed E-state index contributed by atoms with van der Waals surface area (Å²) in [6.07, 6.45) is 2.53. The van der Waals surface area contributed by atoms with Crippen LogP contribution < -0.4 is 0 Å². The summed E-state index contributed by atoms with van der Waals surface area (Å²) in [5.41, 5.74) is 0.165. The lowest BCUT2D eigenvalue weighted by Crippen LogP contribution is -2.52. The summed E-state index contributed by atoms with van der Waals surface area (Å²) in [4.78, 5) is 2.41. The van der Waals surface area contributed by atoms with Crippen molar-refractivity contribution in [2.75, 3.05) is 26.4 Å². The molecule has 3 fully saturated rings. The van der Waals surface area contributed by atoms with Crippen molar-refractivity contribution in [3.8, 4) is 0 Å². The maximum Gasteiger partial charge on any atom is 0.115 e. The van der Waals surface area contributed by atoms with E-state index in [1.54, 1.807) is 0 Å². The molecule has 3 saturated heterocycles. The molecule has 3 aliphatic rings. The summed E-state index contributed by atoms with van der Waals surface area (Å²) in [6.45, 7) is 9.53. The fraction of sp³-hybridized carbons (Fsp3) is 1.00. The third-order valence-electron chi connectivity index (χ3n) is 5.36. The lowest BCUT2D eigenvalue weighted by molar-refractivity contribution is -0.139. The molecular weight excluding hydrogens is 245 g/mol. The normalized spacial score (nSPS) is 40.4. The van der Waals surface area contributed by atoms with E-state index in [2.05, 4.69) is 25.7 Å². The zero-order chi connectivity index (χ0) is 13.7. The summed E-state index contributed by atoms with van der Waals surface area (Å²) in [6, 6.07) is 0.389. The molecule has 0 bridgehead atoms. The summed E-state index contributed by atoms with van der Waals surface area (Å²) < 4.78 is 25.0. The van der Waals surface area contributed by atoms with Crippen molar-refractivity contribution < 1.29 is 13.9 Å². The molecule has 3 atom stereocenters. The predicted molar refractivity (Wildman–Crippen MR) is 72.0 cm³/mol. The van der Waals surface area contributed by atoms with Gasteiger partial charge in [-0.05, 0) is 24.7 Å². The smallest absolute Gasteiger partial charge is 0.115 e. The van der Waals surface area contributed by atoms with Crippen LogP contribution in [-0.4, -0.2) is 55.1 Å². The second-order valence-electron chi connectivity index (χ2n) is 7.42. The van der Waals surface area contributed by atoms with Gasteiger partial charge >= 0.3 is 0 Å². The Kier molecular flexibility index (Phi) is 3.39. The van der Waals surface area contributed by atoms with E-state index in [9.17, 15) is 4.39 Å². The SMILES string of the molecule is CC(C)(C)C12CCC(COC3COC3)N1CC(F)C2. The summed E-state index contributed by atoms with van der Waals surface area (Å²) in [7, 11) is 0. The van der Waals surface area contributed by atoms with Crippen molar-refractivity contribution in [3.63, 3.8) is 0 Å². The molecule has 0 spiro atoms. The highest BCUT2D eigenvalue weighted by atomic mass is 19.1. The van der Waals surface area contributed by atoms with Crippen molar-refractivity contribution in [1.29, 1.82) is 0 Å². The highest BCUT2D eigenvalue weighted by Crippen LogP contribution is 2.53. The van der Waals surface area contributed by atoms with Gasteiger partial charge in [-0.2, -0.15) is 0 Å². The molecule has 3 nitrogen and oxygen atoms in total. The number of halogens is 1. The van der Waals surface area contributed by atoms with Crippen LogP contribution in [0.3, 0.4) is 0 Å². The van der Waals surface area contributed by atoms with Gasteiger partial charge < -0.3 is 9.47 Å². The van der Waals surface area contributed by atoms with Crippen LogP contribution in [0.4, 0.5) is 4.39 Å². The van der Waals surface area contributed by atoms with E-state index in [4.69, 9.17) is 9.47 Å². The first kappa shape index (κ1) is 13.8. The van der Waals surface area contributed by atoms with Gasteiger partial charge in [0.25, 0.3) is 0 Å². The van der Waals surface area contributed by atoms with Crippen LogP contribution in [0.25, 0.3) is 0 Å². The maximum atomic E-state index is 14.0. The van der Waals surface area contributed by atoms with Crippen molar-refractivity contribution in [1.82, 2.24) is 4.90 Å². The van der Waals surface area contributed by atoms with Gasteiger partial charge in [0.1, 0.15) is 12.3 Å². The Balaban J connectivity index is 1.68. The van der Waals surface area contributed by atoms with Crippen LogP contribution in [-0.2, 0) is 9.47 Å². The van der Waals surface area contributed by atoms with Crippen LogP contribution in [0.2, 0.25) is 0 Å². The molecule has 3 heterocycles. The first-order valence-electron chi connectivity index (χ1n) is 7.52. The number of nitrogens with zero attached hydrogens (tertiary/aromatic N) is 1. The van der Waals surface area contributed by atoms with E-state index < -0.39 is 6.17 Å². The van der Waals surface area contributed by atoms with Gasteiger partial charge in [-0.3, -0.25) is 4.90 Å². The molecule has 0 aliphatic carbocycles. The third-order valence-corrected chi connectivity index (χ3v) is 5.36. The molecule has 3 aliphatic heterocycles. The Labute approximate surface area is 115 Å². The first-order chi connectivity index (χ1) is 8.92. The minimum absolute atomic E-state index is 0.0383. The van der Waals surface area contributed by atoms with Crippen LogP contribution in [0.1, 0.15) is 40.0 Å². The molecule has 0 aromatic rings. The standard InChI is InChI=1S/C15H26FNO2/c1-14(2,3)15-5-4-12(8-19-13-9-18-10-13)17(15)7-11(16)6-15/h11-13H,4-10H2,1-3H3. The number of fused-ring (bicyclic) bond motifs is 1. The van der Waals surface area contributed by atoms with E-state index in [0.29, 0.717) is 19.0 Å². The molecule has 3 rings (SSSR count). The number of hydrogen-bond acceptors (Lipinski definition) is 3. The highest BCUT2D eigenvalue weighted by molar-refractivity contribution is 5.12. The fourth-order valence-corrected chi connectivity index (χ4v) is 4.08. The van der Waals surface area contributed by atoms with Gasteiger partial charge in [0.05, 0.1) is 19.8 Å². The lowest BCUT2D eigenvalue weighted by atomic mass is 9.71. The molecule has 0 saturated carbocycles. The molecule has 0 amide bonds. The average molecular weight is 271 g/mol. The minimum Gasteiger partial charge on any atom is -0.376 e. The highest BCUT2D eigenvalue weighted by Gasteiger charge is 2.58. The number of ether oxygens (including phenoxy) is 2. The quantitative estimate of drug-likeness (QED) is 0.787. The fourth-order valence-electron chi connectivity index (χ4n) is 4.08. The van der Waals surface area contributed by atoms with E-state index in [-0.39, 0.29) is 17.1 Å². The molecule has 3 unspecified atom stereocenters. The van der Waals surface area contributed by atoms with Crippen molar-refractivity contribution >= 4 is 0 Å². The molecule has 110 valence electrons. The molecule has 4 heteroatoms. The second kappa shape index (κ2) is 4.68. The summed E-state index contributed by atoms with van der Waals surface area (Å²) >= 11 is 0. The van der Waals surface area contributed by atoms with Crippen LogP contribution in [0.15, 0.2) is 0 Å². The monoisotopic (exact) mass is 271 g/mol. The van der Waals surface area contributed by atoms with Gasteiger partial charge in [0.15, 0.2) is 0 Å². The van der Waals surface area contributed by atoms with E-state index in [1.807, 2.05) is 0 Å². The van der Waals surface area contributed by atoms with Gasteiger partial charge in [-0.1, -0.05) is 20.8 Å². The largest absolute Gasteiger partial charge is 0.376 e. The van der Waals surface area contributed by atoms with E-state index >= 15 is 0 Å². The first-order valence-corrected chi connectivity index (χ1v) is 7.52. The summed E-state index contributed by atoms with van der Waals surface area (Å²) in [5, 5.41) is 0. The van der Waals surface area contributed by atoms with Gasteiger partial charge in [-0.25, -0.2) is 4.39 Å². The predicted octanol–water partition coefficient (Wildman–Crippen LogP) is 2.39. The van der Waals surface area contributed by atoms with Crippen molar-refractivity contribution in [2.24, 2.45) is 5.41 Å². The third kappa shape index (κ3) is 2.22. The summed E-state index contributed by atoms with van der Waals surface area (Å²) in [5.74, 6) is 0. The molecule has 0 N–H and O–H groups in total. The molecule has 0 aromatic heterocycles. The van der Waals surface area contributed by atoms with Crippen LogP contribution in [0, 0.1) is 5.41 Å².